The van der Waals surface area contributed by atoms with Crippen molar-refractivity contribution >= 4 is 23.0 Å². The first-order valence-electron chi connectivity index (χ1n) is 10.8. The van der Waals surface area contributed by atoms with Crippen LogP contribution in [0.5, 0.6) is 11.5 Å². The summed E-state index contributed by atoms with van der Waals surface area (Å²) in [6, 6.07) is 38.2. The summed E-state index contributed by atoms with van der Waals surface area (Å²) in [6.45, 7) is 0. The number of allylic oxidation sites excluding steroid dienone is 1. The Labute approximate surface area is 202 Å². The zero-order valence-corrected chi connectivity index (χ0v) is 19.1. The number of rotatable bonds is 6. The number of thiazole rings is 1. The van der Waals surface area contributed by atoms with Crippen molar-refractivity contribution in [2.45, 2.75) is 0 Å². The van der Waals surface area contributed by atoms with Gasteiger partial charge in [-0.25, -0.2) is 4.98 Å². The number of hydrogen-bond acceptors (Lipinski definition) is 4. The van der Waals surface area contributed by atoms with Gasteiger partial charge in [-0.15, -0.1) is 11.3 Å². The molecule has 0 saturated heterocycles. The number of nitriles is 1. The smallest absolute Gasteiger partial charge is 0.134 e. The summed E-state index contributed by atoms with van der Waals surface area (Å²) < 4.78 is 5.92. The van der Waals surface area contributed by atoms with Gasteiger partial charge in [0.15, 0.2) is 0 Å². The van der Waals surface area contributed by atoms with E-state index >= 15 is 0 Å². The van der Waals surface area contributed by atoms with E-state index in [0.29, 0.717) is 10.6 Å². The van der Waals surface area contributed by atoms with Gasteiger partial charge in [-0.3, -0.25) is 0 Å². The normalized spacial score (nSPS) is 11.1. The molecule has 5 aromatic rings. The molecule has 1 heterocycles. The summed E-state index contributed by atoms with van der Waals surface area (Å²) in [7, 11) is 0. The Hall–Kier alpha value is -4.46. The molecule has 0 fully saturated rings. The van der Waals surface area contributed by atoms with Crippen LogP contribution in [0.3, 0.4) is 0 Å². The van der Waals surface area contributed by atoms with Gasteiger partial charge in [-0.1, -0.05) is 84.9 Å². The molecule has 162 valence electrons. The minimum atomic E-state index is 0.522. The number of benzene rings is 4. The first kappa shape index (κ1) is 21.4. The van der Waals surface area contributed by atoms with Gasteiger partial charge in [0.2, 0.25) is 0 Å². The Morgan fingerprint density at radius 3 is 2.12 bits per heavy atom. The predicted molar refractivity (Wildman–Crippen MR) is 139 cm³/mol. The molecule has 0 unspecified atom stereocenters. The van der Waals surface area contributed by atoms with Crippen LogP contribution in [0.25, 0.3) is 34.0 Å². The standard InChI is InChI=1S/C30H20N2OS/c31-20-26(18-22-8-7-13-28(19-22)33-27-11-5-2-6-12-27)30-32-29(21-34-30)25-16-14-24(15-17-25)23-9-3-1-4-10-23/h1-19,21H/b26-18+. The van der Waals surface area contributed by atoms with Gasteiger partial charge < -0.3 is 4.74 Å². The maximum absolute atomic E-state index is 9.80. The summed E-state index contributed by atoms with van der Waals surface area (Å²) in [6.07, 6.45) is 1.85. The zero-order valence-electron chi connectivity index (χ0n) is 18.3. The molecule has 0 atom stereocenters. The van der Waals surface area contributed by atoms with Crippen molar-refractivity contribution in [3.63, 3.8) is 0 Å². The van der Waals surface area contributed by atoms with E-state index in [-0.39, 0.29) is 0 Å². The summed E-state index contributed by atoms with van der Waals surface area (Å²) in [4.78, 5) is 4.74. The average Bonchev–Trinajstić information content (AvgIpc) is 3.39. The summed E-state index contributed by atoms with van der Waals surface area (Å²) in [5, 5.41) is 12.5. The van der Waals surface area contributed by atoms with Crippen LogP contribution in [0, 0.1) is 11.3 Å². The van der Waals surface area contributed by atoms with Crippen molar-refractivity contribution < 1.29 is 4.74 Å². The van der Waals surface area contributed by atoms with Crippen LogP contribution in [-0.4, -0.2) is 4.98 Å². The Morgan fingerprint density at radius 1 is 0.735 bits per heavy atom. The zero-order chi connectivity index (χ0) is 23.2. The first-order chi connectivity index (χ1) is 16.8. The van der Waals surface area contributed by atoms with Crippen LogP contribution in [0.15, 0.2) is 115 Å². The highest BCUT2D eigenvalue weighted by atomic mass is 32.1. The van der Waals surface area contributed by atoms with Crippen LogP contribution < -0.4 is 4.74 Å². The lowest BCUT2D eigenvalue weighted by Gasteiger charge is -2.06. The van der Waals surface area contributed by atoms with E-state index in [9.17, 15) is 5.26 Å². The molecule has 0 saturated carbocycles. The molecule has 0 bridgehead atoms. The van der Waals surface area contributed by atoms with Crippen molar-refractivity contribution in [1.29, 1.82) is 5.26 Å². The largest absolute Gasteiger partial charge is 0.457 e. The second kappa shape index (κ2) is 9.99. The molecule has 0 aliphatic heterocycles. The molecule has 3 nitrogen and oxygen atoms in total. The number of ether oxygens (including phenoxy) is 1. The van der Waals surface area contributed by atoms with Gasteiger partial charge in [0.1, 0.15) is 22.6 Å². The molecular weight excluding hydrogens is 436 g/mol. The van der Waals surface area contributed by atoms with E-state index in [0.717, 1.165) is 33.9 Å². The highest BCUT2D eigenvalue weighted by molar-refractivity contribution is 7.11. The maximum Gasteiger partial charge on any atom is 0.134 e. The summed E-state index contributed by atoms with van der Waals surface area (Å²) in [5.74, 6) is 1.49. The maximum atomic E-state index is 9.80. The van der Waals surface area contributed by atoms with E-state index in [1.54, 1.807) is 0 Å². The Bertz CT molecular complexity index is 1460. The second-order valence-corrected chi connectivity index (χ2v) is 8.50. The number of aromatic nitrogens is 1. The average molecular weight is 457 g/mol. The monoisotopic (exact) mass is 456 g/mol. The molecule has 0 aliphatic rings. The SMILES string of the molecule is N#C/C(=C\c1cccc(Oc2ccccc2)c1)c1nc(-c2ccc(-c3ccccc3)cc2)cs1. The minimum absolute atomic E-state index is 0.522. The van der Waals surface area contributed by atoms with Crippen LogP contribution in [0.2, 0.25) is 0 Å². The molecule has 0 spiro atoms. The van der Waals surface area contributed by atoms with Gasteiger partial charge in [-0.2, -0.15) is 5.26 Å². The fraction of sp³-hybridized carbons (Fsp3) is 0. The van der Waals surface area contributed by atoms with Gasteiger partial charge in [0.05, 0.1) is 11.3 Å². The molecule has 1 aromatic heterocycles. The van der Waals surface area contributed by atoms with Crippen molar-refractivity contribution in [3.05, 3.63) is 125 Å². The Balaban J connectivity index is 1.37. The summed E-state index contributed by atoms with van der Waals surface area (Å²) in [5.41, 5.74) is 5.64. The lowest BCUT2D eigenvalue weighted by molar-refractivity contribution is 0.482. The van der Waals surface area contributed by atoms with E-state index < -0.39 is 0 Å². The van der Waals surface area contributed by atoms with Gasteiger partial charge in [0, 0.05) is 10.9 Å². The number of para-hydroxylation sites is 1. The minimum Gasteiger partial charge on any atom is -0.457 e. The van der Waals surface area contributed by atoms with Crippen LogP contribution in [0.1, 0.15) is 10.6 Å². The van der Waals surface area contributed by atoms with E-state index in [4.69, 9.17) is 9.72 Å². The van der Waals surface area contributed by atoms with Crippen LogP contribution in [-0.2, 0) is 0 Å². The third-order valence-electron chi connectivity index (χ3n) is 5.29. The molecule has 0 amide bonds. The third kappa shape index (κ3) is 4.96. The highest BCUT2D eigenvalue weighted by Gasteiger charge is 2.10. The van der Waals surface area contributed by atoms with Crippen molar-refractivity contribution in [2.75, 3.05) is 0 Å². The fourth-order valence-corrected chi connectivity index (χ4v) is 4.39. The lowest BCUT2D eigenvalue weighted by atomic mass is 10.0. The molecule has 0 N–H and O–H groups in total. The van der Waals surface area contributed by atoms with Crippen molar-refractivity contribution in [3.8, 4) is 40.0 Å². The number of nitrogens with zero attached hydrogens (tertiary/aromatic N) is 2. The first-order valence-corrected chi connectivity index (χ1v) is 11.7. The summed E-state index contributed by atoms with van der Waals surface area (Å²) >= 11 is 1.47. The predicted octanol–water partition coefficient (Wildman–Crippen LogP) is 8.33. The van der Waals surface area contributed by atoms with Crippen molar-refractivity contribution in [2.24, 2.45) is 0 Å². The molecule has 0 aliphatic carbocycles. The van der Waals surface area contributed by atoms with E-state index in [2.05, 4.69) is 42.5 Å². The van der Waals surface area contributed by atoms with Gasteiger partial charge in [-0.05, 0) is 47.0 Å². The van der Waals surface area contributed by atoms with E-state index in [1.165, 1.54) is 16.9 Å². The topological polar surface area (TPSA) is 45.9 Å². The fourth-order valence-electron chi connectivity index (χ4n) is 3.60. The Morgan fingerprint density at radius 2 is 1.38 bits per heavy atom. The van der Waals surface area contributed by atoms with E-state index in [1.807, 2.05) is 84.3 Å². The quantitative estimate of drug-likeness (QED) is 0.241. The Kier molecular flexibility index (Phi) is 6.29. The molecule has 0 radical (unpaired) electrons. The van der Waals surface area contributed by atoms with Gasteiger partial charge >= 0.3 is 0 Å². The highest BCUT2D eigenvalue weighted by Crippen LogP contribution is 2.30. The van der Waals surface area contributed by atoms with Gasteiger partial charge in [0.25, 0.3) is 0 Å². The lowest BCUT2D eigenvalue weighted by Crippen LogP contribution is -1.86. The number of hydrogen-bond donors (Lipinski definition) is 0. The second-order valence-electron chi connectivity index (χ2n) is 7.64. The molecule has 34 heavy (non-hydrogen) atoms. The molecule has 4 aromatic carbocycles. The van der Waals surface area contributed by atoms with Crippen LogP contribution >= 0.6 is 11.3 Å². The van der Waals surface area contributed by atoms with Crippen LogP contribution in [0.4, 0.5) is 0 Å². The molecule has 5 rings (SSSR count). The van der Waals surface area contributed by atoms with Crippen molar-refractivity contribution in [1.82, 2.24) is 4.98 Å². The third-order valence-corrected chi connectivity index (χ3v) is 6.17. The molecular formula is C30H20N2OS. The molecule has 4 heteroatoms.